The van der Waals surface area contributed by atoms with Gasteiger partial charge >= 0.3 is 0 Å². The summed E-state index contributed by atoms with van der Waals surface area (Å²) in [5, 5.41) is 10.7. The summed E-state index contributed by atoms with van der Waals surface area (Å²) in [6.45, 7) is 0. The van der Waals surface area contributed by atoms with E-state index in [1.54, 1.807) is 36.4 Å². The summed E-state index contributed by atoms with van der Waals surface area (Å²) in [5.74, 6) is -0.731. The molecule has 0 aliphatic rings. The Balaban J connectivity index is 1.94. The van der Waals surface area contributed by atoms with Crippen molar-refractivity contribution in [2.24, 2.45) is 4.40 Å². The Morgan fingerprint density at radius 3 is 1.69 bits per heavy atom. The molecule has 0 saturated carbocycles. The molecule has 0 atom stereocenters. The predicted octanol–water partition coefficient (Wildman–Crippen LogP) is 5.42. The first-order valence-electron chi connectivity index (χ1n) is 7.54. The largest absolute Gasteiger partial charge is 0.269 e. The van der Waals surface area contributed by atoms with E-state index in [1.165, 1.54) is 36.4 Å². The molecule has 26 heavy (non-hydrogen) atoms. The van der Waals surface area contributed by atoms with Crippen molar-refractivity contribution in [2.75, 3.05) is 0 Å². The number of rotatable bonds is 5. The molecule has 3 aromatic carbocycles. The Kier molecular flexibility index (Phi) is 5.38. The van der Waals surface area contributed by atoms with E-state index in [-0.39, 0.29) is 17.3 Å². The second-order valence-corrected chi connectivity index (χ2v) is 6.13. The van der Waals surface area contributed by atoms with E-state index in [2.05, 4.69) is 4.40 Å². The molecule has 0 amide bonds. The average Bonchev–Trinajstić information content (AvgIpc) is 2.65. The van der Waals surface area contributed by atoms with Crippen LogP contribution in [0.2, 0.25) is 0 Å². The van der Waals surface area contributed by atoms with Gasteiger partial charge in [0.2, 0.25) is 0 Å². The van der Waals surface area contributed by atoms with E-state index in [0.717, 1.165) is 11.9 Å². The molecule has 3 rings (SSSR count). The zero-order chi connectivity index (χ0) is 18.5. The number of nitrogens with zero attached hydrogens (tertiary/aromatic N) is 2. The first kappa shape index (κ1) is 17.8. The van der Waals surface area contributed by atoms with E-state index >= 15 is 0 Å². The third-order valence-electron chi connectivity index (χ3n) is 3.53. The number of benzene rings is 3. The summed E-state index contributed by atoms with van der Waals surface area (Å²) in [4.78, 5) is 10.9. The van der Waals surface area contributed by atoms with Crippen LogP contribution in [0, 0.1) is 21.7 Å². The summed E-state index contributed by atoms with van der Waals surface area (Å²) in [5.41, 5.74) is 1.89. The SMILES string of the molecule is O=[N+]([O-])c1ccc(SN=C(c2ccc(F)cc2)c2ccc(F)cc2)cc1. The minimum absolute atomic E-state index is 0.00405. The van der Waals surface area contributed by atoms with Crippen molar-refractivity contribution in [2.45, 2.75) is 4.90 Å². The summed E-state index contributed by atoms with van der Waals surface area (Å²) in [6.07, 6.45) is 0. The highest BCUT2D eigenvalue weighted by Gasteiger charge is 2.09. The molecule has 0 fully saturated rings. The van der Waals surface area contributed by atoms with Gasteiger partial charge in [0.15, 0.2) is 0 Å². The van der Waals surface area contributed by atoms with Gasteiger partial charge in [-0.15, -0.1) is 0 Å². The maximum Gasteiger partial charge on any atom is 0.269 e. The molecule has 4 nitrogen and oxygen atoms in total. The summed E-state index contributed by atoms with van der Waals surface area (Å²) in [7, 11) is 0. The molecule has 0 unspecified atom stereocenters. The van der Waals surface area contributed by atoms with Crippen molar-refractivity contribution < 1.29 is 13.7 Å². The highest BCUT2D eigenvalue weighted by atomic mass is 32.2. The minimum Gasteiger partial charge on any atom is -0.258 e. The summed E-state index contributed by atoms with van der Waals surface area (Å²) >= 11 is 1.12. The number of halogens is 2. The van der Waals surface area contributed by atoms with Crippen LogP contribution in [0.5, 0.6) is 0 Å². The molecule has 130 valence electrons. The lowest BCUT2D eigenvalue weighted by atomic mass is 10.0. The van der Waals surface area contributed by atoms with Crippen LogP contribution >= 0.6 is 11.9 Å². The Hall–Kier alpha value is -3.06. The van der Waals surface area contributed by atoms with E-state index in [1.807, 2.05) is 0 Å². The normalized spacial score (nSPS) is 10.4. The molecule has 0 heterocycles. The standard InChI is InChI=1S/C19H12F2N2O2S/c20-15-5-1-13(2-6-15)19(14-3-7-16(21)8-4-14)22-26-18-11-9-17(10-12-18)23(24)25/h1-12H. The molecule has 0 aromatic heterocycles. The van der Waals surface area contributed by atoms with Crippen molar-refractivity contribution in [3.05, 3.63) is 106 Å². The lowest BCUT2D eigenvalue weighted by Gasteiger charge is -2.07. The van der Waals surface area contributed by atoms with Crippen LogP contribution in [0.25, 0.3) is 0 Å². The number of nitro groups is 1. The lowest BCUT2D eigenvalue weighted by molar-refractivity contribution is -0.384. The third-order valence-corrected chi connectivity index (χ3v) is 4.28. The molecule has 3 aromatic rings. The van der Waals surface area contributed by atoms with Crippen molar-refractivity contribution >= 4 is 23.3 Å². The molecule has 0 spiro atoms. The minimum atomic E-state index is -0.472. The molecular weight excluding hydrogens is 358 g/mol. The number of hydrogen-bond donors (Lipinski definition) is 0. The Morgan fingerprint density at radius 1 is 0.808 bits per heavy atom. The van der Waals surface area contributed by atoms with Crippen molar-refractivity contribution in [1.29, 1.82) is 0 Å². The van der Waals surface area contributed by atoms with Gasteiger partial charge in [-0.2, -0.15) is 0 Å². The van der Waals surface area contributed by atoms with Gasteiger partial charge in [-0.1, -0.05) is 0 Å². The molecule has 0 N–H and O–H groups in total. The number of non-ortho nitro benzene ring substituents is 1. The third kappa shape index (κ3) is 4.31. The van der Waals surface area contributed by atoms with E-state index in [9.17, 15) is 18.9 Å². The van der Waals surface area contributed by atoms with Gasteiger partial charge in [0.05, 0.1) is 10.6 Å². The molecule has 0 bridgehead atoms. The first-order valence-corrected chi connectivity index (χ1v) is 8.31. The molecule has 0 aliphatic heterocycles. The molecular formula is C19H12F2N2O2S. The average molecular weight is 370 g/mol. The van der Waals surface area contributed by atoms with Crippen molar-refractivity contribution in [1.82, 2.24) is 0 Å². The monoisotopic (exact) mass is 370 g/mol. The van der Waals surface area contributed by atoms with Crippen LogP contribution in [0.1, 0.15) is 11.1 Å². The predicted molar refractivity (Wildman–Crippen MR) is 97.4 cm³/mol. The van der Waals surface area contributed by atoms with Gasteiger partial charge < -0.3 is 0 Å². The molecule has 0 radical (unpaired) electrons. The number of hydrogen-bond acceptors (Lipinski definition) is 4. The van der Waals surface area contributed by atoms with Crippen molar-refractivity contribution in [3.8, 4) is 0 Å². The van der Waals surface area contributed by atoms with Crippen molar-refractivity contribution in [3.63, 3.8) is 0 Å². The Labute approximate surface area is 152 Å². The summed E-state index contributed by atoms with van der Waals surface area (Å²) in [6, 6.07) is 17.6. The van der Waals surface area contributed by atoms with E-state index in [4.69, 9.17) is 0 Å². The summed E-state index contributed by atoms with van der Waals surface area (Å²) < 4.78 is 30.9. The molecule has 0 saturated heterocycles. The zero-order valence-electron chi connectivity index (χ0n) is 13.3. The fraction of sp³-hybridized carbons (Fsp3) is 0. The van der Waals surface area contributed by atoms with Crippen LogP contribution in [-0.2, 0) is 0 Å². The number of nitro benzene ring substituents is 1. The smallest absolute Gasteiger partial charge is 0.258 e. The fourth-order valence-electron chi connectivity index (χ4n) is 2.21. The van der Waals surface area contributed by atoms with Gasteiger partial charge in [0, 0.05) is 40.1 Å². The second kappa shape index (κ2) is 7.88. The topological polar surface area (TPSA) is 55.5 Å². The second-order valence-electron chi connectivity index (χ2n) is 5.30. The Morgan fingerprint density at radius 2 is 1.27 bits per heavy atom. The van der Waals surface area contributed by atoms with Crippen LogP contribution < -0.4 is 0 Å². The van der Waals surface area contributed by atoms with Gasteiger partial charge in [-0.05, 0) is 60.7 Å². The zero-order valence-corrected chi connectivity index (χ0v) is 14.1. The van der Waals surface area contributed by atoms with E-state index < -0.39 is 4.92 Å². The quantitative estimate of drug-likeness (QED) is 0.261. The first-order chi connectivity index (χ1) is 12.5. The highest BCUT2D eigenvalue weighted by molar-refractivity contribution is 7.98. The van der Waals surface area contributed by atoms with Gasteiger partial charge in [-0.25, -0.2) is 13.2 Å². The van der Waals surface area contributed by atoms with Crippen LogP contribution in [0.15, 0.2) is 82.1 Å². The van der Waals surface area contributed by atoms with Crippen LogP contribution in [0.4, 0.5) is 14.5 Å². The Bertz CT molecular complexity index is 893. The van der Waals surface area contributed by atoms with Gasteiger partial charge in [0.25, 0.3) is 5.69 Å². The van der Waals surface area contributed by atoms with Gasteiger partial charge in [-0.3, -0.25) is 10.1 Å². The van der Waals surface area contributed by atoms with Crippen LogP contribution in [-0.4, -0.2) is 10.6 Å². The fourth-order valence-corrected chi connectivity index (χ4v) is 2.88. The van der Waals surface area contributed by atoms with Crippen LogP contribution in [0.3, 0.4) is 0 Å². The molecule has 7 heteroatoms. The lowest BCUT2D eigenvalue weighted by Crippen LogP contribution is -2.03. The maximum atomic E-state index is 13.2. The molecule has 0 aliphatic carbocycles. The van der Waals surface area contributed by atoms with E-state index in [0.29, 0.717) is 21.7 Å². The van der Waals surface area contributed by atoms with Gasteiger partial charge in [0.1, 0.15) is 11.6 Å². The highest BCUT2D eigenvalue weighted by Crippen LogP contribution is 2.25. The maximum absolute atomic E-state index is 13.2.